The second-order valence-corrected chi connectivity index (χ2v) is 6.82. The van der Waals surface area contributed by atoms with E-state index >= 15 is 0 Å². The van der Waals surface area contributed by atoms with Gasteiger partial charge in [0.1, 0.15) is 12.4 Å². The van der Waals surface area contributed by atoms with Crippen molar-refractivity contribution in [3.05, 3.63) is 36.4 Å². The van der Waals surface area contributed by atoms with Crippen molar-refractivity contribution >= 4 is 40.0 Å². The lowest BCUT2D eigenvalue weighted by Crippen LogP contribution is -2.14. The molecular formula is C19H21N5O2S. The molecule has 27 heavy (non-hydrogen) atoms. The molecular weight excluding hydrogens is 362 g/mol. The summed E-state index contributed by atoms with van der Waals surface area (Å²) in [6, 6.07) is 5.95. The van der Waals surface area contributed by atoms with E-state index in [4.69, 9.17) is 17.3 Å². The molecule has 0 aliphatic heterocycles. The lowest BCUT2D eigenvalue weighted by Gasteiger charge is -2.04. The lowest BCUT2D eigenvalue weighted by molar-refractivity contribution is -0.134. The van der Waals surface area contributed by atoms with Crippen molar-refractivity contribution in [1.29, 1.82) is 0 Å². The molecule has 0 unspecified atom stereocenters. The first-order valence-electron chi connectivity index (χ1n) is 8.83. The van der Waals surface area contributed by atoms with Crippen LogP contribution in [-0.4, -0.2) is 42.4 Å². The summed E-state index contributed by atoms with van der Waals surface area (Å²) in [4.78, 5) is 27.9. The number of benzene rings is 1. The molecule has 0 fully saturated rings. The third kappa shape index (κ3) is 5.07. The SMILES string of the molecule is CCCC(=S)CCc1nc2ccc(-c3cnc(NCC(=O)O)nc3)cc2[nH]1. The zero-order chi connectivity index (χ0) is 19.2. The molecule has 0 atom stereocenters. The molecule has 140 valence electrons. The minimum absolute atomic E-state index is 0.218. The number of aryl methyl sites for hydroxylation is 1. The summed E-state index contributed by atoms with van der Waals surface area (Å²) in [7, 11) is 0. The molecule has 3 N–H and O–H groups in total. The highest BCUT2D eigenvalue weighted by atomic mass is 32.1. The molecule has 0 saturated carbocycles. The van der Waals surface area contributed by atoms with E-state index < -0.39 is 5.97 Å². The third-order valence-corrected chi connectivity index (χ3v) is 4.49. The number of aliphatic carboxylic acids is 1. The number of hydrogen-bond acceptors (Lipinski definition) is 6. The quantitative estimate of drug-likeness (QED) is 0.485. The highest BCUT2D eigenvalue weighted by molar-refractivity contribution is 7.80. The van der Waals surface area contributed by atoms with E-state index in [2.05, 4.69) is 32.2 Å². The fourth-order valence-corrected chi connectivity index (χ4v) is 3.05. The Kier molecular flexibility index (Phi) is 6.08. The van der Waals surface area contributed by atoms with Gasteiger partial charge in [0.25, 0.3) is 0 Å². The van der Waals surface area contributed by atoms with Crippen LogP contribution >= 0.6 is 12.2 Å². The van der Waals surface area contributed by atoms with Crippen LogP contribution < -0.4 is 5.32 Å². The van der Waals surface area contributed by atoms with E-state index in [9.17, 15) is 4.79 Å². The highest BCUT2D eigenvalue weighted by Crippen LogP contribution is 2.23. The van der Waals surface area contributed by atoms with Crippen LogP contribution in [0.2, 0.25) is 0 Å². The van der Waals surface area contributed by atoms with Crippen molar-refractivity contribution in [2.24, 2.45) is 0 Å². The molecule has 8 heteroatoms. The number of hydrogen-bond donors (Lipinski definition) is 3. The number of fused-ring (bicyclic) bond motifs is 1. The van der Waals surface area contributed by atoms with E-state index in [1.54, 1.807) is 12.4 Å². The first-order chi connectivity index (χ1) is 13.0. The van der Waals surface area contributed by atoms with Gasteiger partial charge in [0.2, 0.25) is 5.95 Å². The molecule has 0 aliphatic rings. The zero-order valence-electron chi connectivity index (χ0n) is 15.0. The van der Waals surface area contributed by atoms with Gasteiger partial charge in [-0.15, -0.1) is 0 Å². The van der Waals surface area contributed by atoms with Crippen LogP contribution in [-0.2, 0) is 11.2 Å². The van der Waals surface area contributed by atoms with Crippen molar-refractivity contribution in [1.82, 2.24) is 19.9 Å². The predicted molar refractivity (Wildman–Crippen MR) is 109 cm³/mol. The number of aromatic amines is 1. The monoisotopic (exact) mass is 383 g/mol. The summed E-state index contributed by atoms with van der Waals surface area (Å²) < 4.78 is 0. The molecule has 3 aromatic rings. The zero-order valence-corrected chi connectivity index (χ0v) is 15.8. The Balaban J connectivity index is 1.72. The van der Waals surface area contributed by atoms with Gasteiger partial charge in [-0.1, -0.05) is 31.6 Å². The third-order valence-electron chi connectivity index (χ3n) is 4.08. The molecule has 3 rings (SSSR count). The normalized spacial score (nSPS) is 10.9. The Morgan fingerprint density at radius 2 is 2.00 bits per heavy atom. The molecule has 0 amide bonds. The maximum Gasteiger partial charge on any atom is 0.322 e. The summed E-state index contributed by atoms with van der Waals surface area (Å²) >= 11 is 5.37. The van der Waals surface area contributed by atoms with Crippen LogP contribution in [0.15, 0.2) is 30.6 Å². The van der Waals surface area contributed by atoms with E-state index in [1.807, 2.05) is 18.2 Å². The maximum absolute atomic E-state index is 10.6. The summed E-state index contributed by atoms with van der Waals surface area (Å²) in [5.41, 5.74) is 3.68. The summed E-state index contributed by atoms with van der Waals surface area (Å²) in [5, 5.41) is 11.3. The van der Waals surface area contributed by atoms with Crippen LogP contribution in [0.5, 0.6) is 0 Å². The largest absolute Gasteiger partial charge is 0.480 e. The first kappa shape index (κ1) is 18.9. The van der Waals surface area contributed by atoms with Crippen molar-refractivity contribution in [3.63, 3.8) is 0 Å². The second-order valence-electron chi connectivity index (χ2n) is 6.25. The predicted octanol–water partition coefficient (Wildman–Crippen LogP) is 3.62. The fraction of sp³-hybridized carbons (Fsp3) is 0.316. The van der Waals surface area contributed by atoms with E-state index in [-0.39, 0.29) is 12.5 Å². The van der Waals surface area contributed by atoms with Crippen molar-refractivity contribution in [2.45, 2.75) is 32.6 Å². The van der Waals surface area contributed by atoms with Gasteiger partial charge in [-0.25, -0.2) is 15.0 Å². The van der Waals surface area contributed by atoms with Gasteiger partial charge in [-0.05, 0) is 35.4 Å². The number of nitrogens with zero attached hydrogens (tertiary/aromatic N) is 3. The van der Waals surface area contributed by atoms with Gasteiger partial charge in [0, 0.05) is 24.4 Å². The number of thiocarbonyl (C=S) groups is 1. The number of H-pyrrole nitrogens is 1. The minimum atomic E-state index is -0.960. The number of carboxylic acid groups (broad SMARTS) is 1. The van der Waals surface area contributed by atoms with Gasteiger partial charge < -0.3 is 15.4 Å². The Labute approximate surface area is 162 Å². The molecule has 0 spiro atoms. The molecule has 7 nitrogen and oxygen atoms in total. The fourth-order valence-electron chi connectivity index (χ4n) is 2.75. The van der Waals surface area contributed by atoms with E-state index in [1.165, 1.54) is 0 Å². The molecule has 2 heterocycles. The van der Waals surface area contributed by atoms with Crippen molar-refractivity contribution < 1.29 is 9.90 Å². The average molecular weight is 383 g/mol. The average Bonchev–Trinajstić information content (AvgIpc) is 3.07. The Bertz CT molecular complexity index is 952. The number of imidazole rings is 1. The van der Waals surface area contributed by atoms with Crippen LogP contribution in [0.25, 0.3) is 22.2 Å². The Morgan fingerprint density at radius 1 is 1.22 bits per heavy atom. The van der Waals surface area contributed by atoms with Gasteiger partial charge in [0.05, 0.1) is 11.0 Å². The topological polar surface area (TPSA) is 104 Å². The molecule has 2 aromatic heterocycles. The molecule has 0 bridgehead atoms. The van der Waals surface area contributed by atoms with Crippen LogP contribution in [0.4, 0.5) is 5.95 Å². The lowest BCUT2D eigenvalue weighted by atomic mass is 10.1. The minimum Gasteiger partial charge on any atom is -0.480 e. The highest BCUT2D eigenvalue weighted by Gasteiger charge is 2.07. The van der Waals surface area contributed by atoms with Crippen LogP contribution in [0, 0.1) is 0 Å². The molecule has 0 aliphatic carbocycles. The second kappa shape index (κ2) is 8.68. The first-order valence-corrected chi connectivity index (χ1v) is 9.24. The van der Waals surface area contributed by atoms with Gasteiger partial charge in [-0.2, -0.15) is 0 Å². The van der Waals surface area contributed by atoms with Crippen molar-refractivity contribution in [2.75, 3.05) is 11.9 Å². The molecule has 0 radical (unpaired) electrons. The number of aromatic nitrogens is 4. The maximum atomic E-state index is 10.6. The molecule has 0 saturated heterocycles. The van der Waals surface area contributed by atoms with Crippen LogP contribution in [0.1, 0.15) is 32.0 Å². The van der Waals surface area contributed by atoms with E-state index in [0.29, 0.717) is 0 Å². The number of rotatable bonds is 9. The summed E-state index contributed by atoms with van der Waals surface area (Å²) in [5.74, 6) is 0.262. The molecule has 1 aromatic carbocycles. The van der Waals surface area contributed by atoms with E-state index in [0.717, 1.165) is 58.5 Å². The summed E-state index contributed by atoms with van der Waals surface area (Å²) in [6.45, 7) is 1.91. The van der Waals surface area contributed by atoms with Gasteiger partial charge in [-0.3, -0.25) is 4.79 Å². The Hall–Kier alpha value is -2.87. The number of carboxylic acids is 1. The smallest absolute Gasteiger partial charge is 0.322 e. The summed E-state index contributed by atoms with van der Waals surface area (Å²) in [6.07, 6.45) is 7.08. The standard InChI is InChI=1S/C19H21N5O2S/c1-2-3-14(27)5-7-17-23-15-6-4-12(8-16(15)24-17)13-9-20-19(21-10-13)22-11-18(25)26/h4,6,8-10H,2-3,5,7,11H2,1H3,(H,23,24)(H,25,26)(H,20,21,22). The number of carbonyl (C=O) groups is 1. The van der Waals surface area contributed by atoms with Gasteiger partial charge in [0.15, 0.2) is 0 Å². The number of nitrogens with one attached hydrogen (secondary N) is 2. The Morgan fingerprint density at radius 3 is 2.70 bits per heavy atom. The van der Waals surface area contributed by atoms with Crippen LogP contribution in [0.3, 0.4) is 0 Å². The van der Waals surface area contributed by atoms with Crippen molar-refractivity contribution in [3.8, 4) is 11.1 Å². The van der Waals surface area contributed by atoms with Gasteiger partial charge >= 0.3 is 5.97 Å². The number of anilines is 1.